The van der Waals surface area contributed by atoms with E-state index < -0.39 is 0 Å². The lowest BCUT2D eigenvalue weighted by Crippen LogP contribution is -2.50. The van der Waals surface area contributed by atoms with Gasteiger partial charge in [0.15, 0.2) is 12.4 Å². The maximum absolute atomic E-state index is 12.7. The van der Waals surface area contributed by atoms with Gasteiger partial charge in [0.1, 0.15) is 11.3 Å². The molecular formula is C26H25ClN6O3. The van der Waals surface area contributed by atoms with Gasteiger partial charge in [0.2, 0.25) is 5.95 Å². The van der Waals surface area contributed by atoms with Gasteiger partial charge in [0, 0.05) is 36.8 Å². The molecule has 0 unspecified atom stereocenters. The Labute approximate surface area is 213 Å². The van der Waals surface area contributed by atoms with Crippen LogP contribution in [0.15, 0.2) is 60.7 Å². The van der Waals surface area contributed by atoms with E-state index in [2.05, 4.69) is 14.9 Å². The van der Waals surface area contributed by atoms with Gasteiger partial charge in [-0.15, -0.1) is 0 Å². The number of hydrogen-bond acceptors (Lipinski definition) is 8. The second kappa shape index (κ2) is 10.3. The third-order valence-corrected chi connectivity index (χ3v) is 6.33. The monoisotopic (exact) mass is 504 g/mol. The number of halogens is 1. The van der Waals surface area contributed by atoms with Gasteiger partial charge < -0.3 is 25.4 Å². The number of pyridine rings is 1. The highest BCUT2D eigenvalue weighted by Gasteiger charge is 2.24. The zero-order valence-electron chi connectivity index (χ0n) is 19.5. The van der Waals surface area contributed by atoms with Crippen molar-refractivity contribution in [3.63, 3.8) is 0 Å². The summed E-state index contributed by atoms with van der Waals surface area (Å²) in [6, 6.07) is 18.3. The summed E-state index contributed by atoms with van der Waals surface area (Å²) in [5.74, 6) is 1.34. The molecule has 10 heteroatoms. The van der Waals surface area contributed by atoms with Crippen molar-refractivity contribution in [2.24, 2.45) is 0 Å². The summed E-state index contributed by atoms with van der Waals surface area (Å²) in [4.78, 5) is 30.2. The van der Waals surface area contributed by atoms with Gasteiger partial charge in [0.25, 0.3) is 5.91 Å². The van der Waals surface area contributed by atoms with E-state index in [1.807, 2.05) is 36.4 Å². The molecule has 3 heterocycles. The van der Waals surface area contributed by atoms with E-state index in [1.54, 1.807) is 29.2 Å². The van der Waals surface area contributed by atoms with E-state index in [1.165, 1.54) is 0 Å². The molecule has 1 aliphatic rings. The number of carbonyl (C=O) groups is 1. The minimum atomic E-state index is -0.0802. The SMILES string of the molecule is Nc1nc(N2CCN(C(=O)COc3ccc(Cl)cc3)CC2)c2nc(-c3ccc(CO)cc3)ccc2n1. The first kappa shape index (κ1) is 23.8. The smallest absolute Gasteiger partial charge is 0.260 e. The fourth-order valence-corrected chi connectivity index (χ4v) is 4.24. The Kier molecular flexibility index (Phi) is 6.84. The molecule has 2 aromatic carbocycles. The average Bonchev–Trinajstić information content (AvgIpc) is 2.92. The Morgan fingerprint density at radius 1 is 0.944 bits per heavy atom. The van der Waals surface area contributed by atoms with Crippen LogP contribution in [0.4, 0.5) is 11.8 Å². The quantitative estimate of drug-likeness (QED) is 0.411. The number of carbonyl (C=O) groups excluding carboxylic acids is 1. The first-order chi connectivity index (χ1) is 17.5. The van der Waals surface area contributed by atoms with Crippen molar-refractivity contribution in [1.82, 2.24) is 19.9 Å². The van der Waals surface area contributed by atoms with Crippen molar-refractivity contribution in [3.8, 4) is 17.0 Å². The molecule has 0 bridgehead atoms. The molecule has 1 saturated heterocycles. The van der Waals surface area contributed by atoms with Crippen LogP contribution in [-0.2, 0) is 11.4 Å². The number of aliphatic hydroxyl groups excluding tert-OH is 1. The maximum Gasteiger partial charge on any atom is 0.260 e. The number of anilines is 2. The number of nitrogens with two attached hydrogens (primary N) is 1. The van der Waals surface area contributed by atoms with E-state index in [9.17, 15) is 9.90 Å². The molecule has 184 valence electrons. The lowest BCUT2D eigenvalue weighted by atomic mass is 10.1. The van der Waals surface area contributed by atoms with Crippen LogP contribution < -0.4 is 15.4 Å². The van der Waals surface area contributed by atoms with Crippen LogP contribution in [0.25, 0.3) is 22.3 Å². The minimum Gasteiger partial charge on any atom is -0.484 e. The maximum atomic E-state index is 12.7. The third-order valence-electron chi connectivity index (χ3n) is 6.08. The molecule has 1 aliphatic heterocycles. The van der Waals surface area contributed by atoms with E-state index in [0.717, 1.165) is 16.8 Å². The number of aliphatic hydroxyl groups is 1. The van der Waals surface area contributed by atoms with E-state index in [0.29, 0.717) is 53.8 Å². The van der Waals surface area contributed by atoms with Gasteiger partial charge in [-0.05, 0) is 42.0 Å². The molecular weight excluding hydrogens is 480 g/mol. The van der Waals surface area contributed by atoms with Gasteiger partial charge >= 0.3 is 0 Å². The molecule has 36 heavy (non-hydrogen) atoms. The number of piperazine rings is 1. The molecule has 1 amide bonds. The molecule has 9 nitrogen and oxygen atoms in total. The lowest BCUT2D eigenvalue weighted by molar-refractivity contribution is -0.133. The predicted octanol–water partition coefficient (Wildman–Crippen LogP) is 3.15. The number of benzene rings is 2. The fraction of sp³-hybridized carbons (Fsp3) is 0.231. The van der Waals surface area contributed by atoms with E-state index in [-0.39, 0.29) is 25.1 Å². The first-order valence-corrected chi connectivity index (χ1v) is 11.9. The highest BCUT2D eigenvalue weighted by atomic mass is 35.5. The summed E-state index contributed by atoms with van der Waals surface area (Å²) in [6.07, 6.45) is 0. The van der Waals surface area contributed by atoms with Crippen LogP contribution in [0.2, 0.25) is 5.02 Å². The molecule has 2 aromatic heterocycles. The fourth-order valence-electron chi connectivity index (χ4n) is 4.11. The van der Waals surface area contributed by atoms with Crippen molar-refractivity contribution in [1.29, 1.82) is 0 Å². The van der Waals surface area contributed by atoms with E-state index in [4.69, 9.17) is 27.1 Å². The normalized spacial score (nSPS) is 13.7. The number of aromatic nitrogens is 3. The minimum absolute atomic E-state index is 0.00950. The molecule has 0 spiro atoms. The molecule has 0 aliphatic carbocycles. The topological polar surface area (TPSA) is 118 Å². The van der Waals surface area contributed by atoms with Gasteiger partial charge in [0.05, 0.1) is 17.8 Å². The summed E-state index contributed by atoms with van der Waals surface area (Å²) < 4.78 is 5.61. The summed E-state index contributed by atoms with van der Waals surface area (Å²) in [5.41, 5.74) is 9.84. The number of rotatable bonds is 6. The number of nitrogens with zero attached hydrogens (tertiary/aromatic N) is 5. The van der Waals surface area contributed by atoms with Crippen LogP contribution in [-0.4, -0.2) is 63.7 Å². The van der Waals surface area contributed by atoms with Gasteiger partial charge in [-0.3, -0.25) is 4.79 Å². The molecule has 3 N–H and O–H groups in total. The van der Waals surface area contributed by atoms with Gasteiger partial charge in [-0.1, -0.05) is 35.9 Å². The zero-order valence-corrected chi connectivity index (χ0v) is 20.2. The van der Waals surface area contributed by atoms with Crippen LogP contribution in [0.5, 0.6) is 5.75 Å². The Balaban J connectivity index is 1.30. The van der Waals surface area contributed by atoms with Crippen molar-refractivity contribution in [3.05, 3.63) is 71.2 Å². The summed E-state index contributed by atoms with van der Waals surface area (Å²) >= 11 is 5.89. The van der Waals surface area contributed by atoms with Crippen molar-refractivity contribution >= 4 is 40.3 Å². The third kappa shape index (κ3) is 5.17. The number of nitrogen functional groups attached to an aromatic ring is 1. The van der Waals surface area contributed by atoms with Crippen molar-refractivity contribution in [2.75, 3.05) is 43.4 Å². The number of fused-ring (bicyclic) bond motifs is 1. The van der Waals surface area contributed by atoms with Gasteiger partial charge in [-0.25, -0.2) is 9.97 Å². The van der Waals surface area contributed by atoms with Crippen LogP contribution in [0, 0.1) is 0 Å². The lowest BCUT2D eigenvalue weighted by Gasteiger charge is -2.35. The molecule has 1 fully saturated rings. The highest BCUT2D eigenvalue weighted by Crippen LogP contribution is 2.28. The van der Waals surface area contributed by atoms with Gasteiger partial charge in [-0.2, -0.15) is 4.98 Å². The number of amides is 1. The summed E-state index contributed by atoms with van der Waals surface area (Å²) in [5, 5.41) is 9.92. The highest BCUT2D eigenvalue weighted by molar-refractivity contribution is 6.30. The first-order valence-electron chi connectivity index (χ1n) is 11.6. The summed E-state index contributed by atoms with van der Waals surface area (Å²) in [6.45, 7) is 2.16. The molecule has 0 atom stereocenters. The Bertz CT molecular complexity index is 1370. The number of hydrogen-bond donors (Lipinski definition) is 2. The van der Waals surface area contributed by atoms with Crippen LogP contribution >= 0.6 is 11.6 Å². The summed E-state index contributed by atoms with van der Waals surface area (Å²) in [7, 11) is 0. The molecule has 4 aromatic rings. The Morgan fingerprint density at radius 2 is 1.67 bits per heavy atom. The van der Waals surface area contributed by atoms with Crippen molar-refractivity contribution < 1.29 is 14.6 Å². The molecule has 5 rings (SSSR count). The van der Waals surface area contributed by atoms with Crippen molar-refractivity contribution in [2.45, 2.75) is 6.61 Å². The number of ether oxygens (including phenoxy) is 1. The van der Waals surface area contributed by atoms with Crippen LogP contribution in [0.3, 0.4) is 0 Å². The second-order valence-electron chi connectivity index (χ2n) is 8.44. The second-order valence-corrected chi connectivity index (χ2v) is 8.87. The predicted molar refractivity (Wildman–Crippen MR) is 139 cm³/mol. The average molecular weight is 505 g/mol. The van der Waals surface area contributed by atoms with E-state index >= 15 is 0 Å². The molecule has 0 radical (unpaired) electrons. The molecule has 0 saturated carbocycles. The largest absolute Gasteiger partial charge is 0.484 e. The standard InChI is InChI=1S/C26H25ClN6O3/c27-19-5-7-20(8-6-19)36-16-23(35)32-11-13-33(14-12-32)25-24-22(30-26(28)31-25)10-9-21(29-24)18-3-1-17(15-34)2-4-18/h1-10,34H,11-16H2,(H2,28,30,31). The zero-order chi connectivity index (χ0) is 25.1. The van der Waals surface area contributed by atoms with Crippen LogP contribution in [0.1, 0.15) is 5.56 Å². The Morgan fingerprint density at radius 3 is 2.36 bits per heavy atom. The Hall–Kier alpha value is -3.95.